The summed E-state index contributed by atoms with van der Waals surface area (Å²) in [5, 5.41) is 13.1. The zero-order valence-electron chi connectivity index (χ0n) is 10.7. The normalized spacial score (nSPS) is 18.9. The summed E-state index contributed by atoms with van der Waals surface area (Å²) >= 11 is 0. The molecule has 94 valence electrons. The van der Waals surface area contributed by atoms with Crippen LogP contribution in [-0.2, 0) is 0 Å². The van der Waals surface area contributed by atoms with Crippen LogP contribution in [0.5, 0.6) is 0 Å². The number of para-hydroxylation sites is 1. The van der Waals surface area contributed by atoms with Gasteiger partial charge < -0.3 is 10.4 Å². The summed E-state index contributed by atoms with van der Waals surface area (Å²) < 4.78 is 0. The molecule has 2 nitrogen and oxygen atoms in total. The molecule has 0 aromatic heterocycles. The lowest BCUT2D eigenvalue weighted by molar-refractivity contribution is 0.209. The van der Waals surface area contributed by atoms with E-state index >= 15 is 0 Å². The molecule has 0 spiro atoms. The lowest BCUT2D eigenvalue weighted by Gasteiger charge is -2.30. The zero-order valence-corrected chi connectivity index (χ0v) is 10.7. The molecular formula is C15H23NO. The topological polar surface area (TPSA) is 32.3 Å². The second kappa shape index (κ2) is 6.06. The number of hydrogen-bond donors (Lipinski definition) is 2. The first-order valence-corrected chi connectivity index (χ1v) is 6.74. The van der Waals surface area contributed by atoms with Crippen molar-refractivity contribution in [2.75, 3.05) is 11.9 Å². The number of hydrogen-bond acceptors (Lipinski definition) is 2. The molecule has 17 heavy (non-hydrogen) atoms. The Morgan fingerprint density at radius 3 is 2.59 bits per heavy atom. The molecule has 2 rings (SSSR count). The van der Waals surface area contributed by atoms with Gasteiger partial charge >= 0.3 is 0 Å². The van der Waals surface area contributed by atoms with E-state index in [-0.39, 0.29) is 12.6 Å². The highest BCUT2D eigenvalue weighted by atomic mass is 16.3. The summed E-state index contributed by atoms with van der Waals surface area (Å²) in [6.45, 7) is 2.34. The molecule has 0 radical (unpaired) electrons. The van der Waals surface area contributed by atoms with Crippen LogP contribution in [0.25, 0.3) is 0 Å². The van der Waals surface area contributed by atoms with Crippen LogP contribution in [0.1, 0.15) is 37.7 Å². The van der Waals surface area contributed by atoms with E-state index in [9.17, 15) is 5.11 Å². The van der Waals surface area contributed by atoms with Gasteiger partial charge in [0, 0.05) is 5.69 Å². The number of rotatable bonds is 4. The molecule has 1 fully saturated rings. The van der Waals surface area contributed by atoms with Gasteiger partial charge in [-0.2, -0.15) is 0 Å². The Morgan fingerprint density at radius 2 is 1.94 bits per heavy atom. The van der Waals surface area contributed by atoms with Gasteiger partial charge in [0.25, 0.3) is 0 Å². The van der Waals surface area contributed by atoms with E-state index in [1.54, 1.807) is 0 Å². The number of nitrogens with one attached hydrogen (secondary N) is 1. The Bertz CT molecular complexity index is 345. The number of aliphatic hydroxyl groups is 1. The van der Waals surface area contributed by atoms with Gasteiger partial charge in [-0.3, -0.25) is 0 Å². The molecule has 2 N–H and O–H groups in total. The van der Waals surface area contributed by atoms with Crippen molar-refractivity contribution in [1.82, 2.24) is 0 Å². The first kappa shape index (κ1) is 12.4. The Hall–Kier alpha value is -1.02. The Kier molecular flexibility index (Phi) is 4.43. The third-order valence-corrected chi connectivity index (χ3v) is 3.90. The third kappa shape index (κ3) is 3.22. The number of anilines is 1. The minimum Gasteiger partial charge on any atom is -0.394 e. The molecule has 1 atom stereocenters. The van der Waals surface area contributed by atoms with Gasteiger partial charge in [0.2, 0.25) is 0 Å². The van der Waals surface area contributed by atoms with Crippen LogP contribution in [0.3, 0.4) is 0 Å². The summed E-state index contributed by atoms with van der Waals surface area (Å²) in [6, 6.07) is 8.52. The van der Waals surface area contributed by atoms with Crippen LogP contribution in [-0.4, -0.2) is 17.8 Å². The minimum absolute atomic E-state index is 0.219. The smallest absolute Gasteiger partial charge is 0.0635 e. The minimum atomic E-state index is 0.219. The van der Waals surface area contributed by atoms with E-state index < -0.39 is 0 Å². The fourth-order valence-corrected chi connectivity index (χ4v) is 2.78. The van der Waals surface area contributed by atoms with E-state index in [4.69, 9.17) is 0 Å². The highest BCUT2D eigenvalue weighted by Gasteiger charge is 2.23. The molecule has 1 aromatic rings. The van der Waals surface area contributed by atoms with Gasteiger partial charge in [0.15, 0.2) is 0 Å². The van der Waals surface area contributed by atoms with Crippen LogP contribution < -0.4 is 5.32 Å². The average molecular weight is 233 g/mol. The first-order chi connectivity index (χ1) is 8.31. The molecule has 1 unspecified atom stereocenters. The van der Waals surface area contributed by atoms with Gasteiger partial charge in [0.1, 0.15) is 0 Å². The van der Waals surface area contributed by atoms with Crippen molar-refractivity contribution in [2.24, 2.45) is 5.92 Å². The summed E-state index contributed by atoms with van der Waals surface area (Å²) in [5.41, 5.74) is 2.42. The standard InChI is InChI=1S/C15H23NO/c1-12-7-5-6-10-14(12)16-15(11-17)13-8-3-2-4-9-13/h5-7,10,13,15-17H,2-4,8-9,11H2,1H3. The largest absolute Gasteiger partial charge is 0.394 e. The van der Waals surface area contributed by atoms with Crippen molar-refractivity contribution < 1.29 is 5.11 Å². The fraction of sp³-hybridized carbons (Fsp3) is 0.600. The molecular weight excluding hydrogens is 210 g/mol. The van der Waals surface area contributed by atoms with Crippen LogP contribution in [0.15, 0.2) is 24.3 Å². The monoisotopic (exact) mass is 233 g/mol. The molecule has 1 aliphatic carbocycles. The van der Waals surface area contributed by atoms with Crippen molar-refractivity contribution in [2.45, 2.75) is 45.1 Å². The molecule has 2 heteroatoms. The number of aliphatic hydroxyl groups excluding tert-OH is 1. The lowest BCUT2D eigenvalue weighted by Crippen LogP contribution is -2.34. The van der Waals surface area contributed by atoms with E-state index in [0.29, 0.717) is 5.92 Å². The third-order valence-electron chi connectivity index (χ3n) is 3.90. The average Bonchev–Trinajstić information content (AvgIpc) is 2.39. The molecule has 0 amide bonds. The molecule has 1 aliphatic rings. The molecule has 0 aliphatic heterocycles. The highest BCUT2D eigenvalue weighted by Crippen LogP contribution is 2.28. The molecule has 0 heterocycles. The quantitative estimate of drug-likeness (QED) is 0.836. The van der Waals surface area contributed by atoms with Crippen LogP contribution in [0, 0.1) is 12.8 Å². The second-order valence-corrected chi connectivity index (χ2v) is 5.15. The highest BCUT2D eigenvalue weighted by molar-refractivity contribution is 5.51. The summed E-state index contributed by atoms with van der Waals surface area (Å²) in [4.78, 5) is 0. The van der Waals surface area contributed by atoms with Gasteiger partial charge in [-0.1, -0.05) is 37.5 Å². The summed E-state index contributed by atoms with van der Waals surface area (Å²) in [6.07, 6.45) is 6.50. The van der Waals surface area contributed by atoms with Gasteiger partial charge in [-0.25, -0.2) is 0 Å². The van der Waals surface area contributed by atoms with Crippen molar-refractivity contribution in [3.8, 4) is 0 Å². The number of aryl methyl sites for hydroxylation is 1. The van der Waals surface area contributed by atoms with E-state index in [1.807, 2.05) is 6.07 Å². The van der Waals surface area contributed by atoms with Gasteiger partial charge in [0.05, 0.1) is 12.6 Å². The maximum absolute atomic E-state index is 9.57. The maximum Gasteiger partial charge on any atom is 0.0635 e. The Balaban J connectivity index is 2.01. The van der Waals surface area contributed by atoms with Crippen LogP contribution in [0.2, 0.25) is 0 Å². The summed E-state index contributed by atoms with van der Waals surface area (Å²) in [5.74, 6) is 0.633. The van der Waals surface area contributed by atoms with E-state index in [0.717, 1.165) is 5.69 Å². The van der Waals surface area contributed by atoms with E-state index in [2.05, 4.69) is 30.4 Å². The van der Waals surface area contributed by atoms with Gasteiger partial charge in [-0.05, 0) is 37.3 Å². The van der Waals surface area contributed by atoms with E-state index in [1.165, 1.54) is 37.7 Å². The van der Waals surface area contributed by atoms with Crippen LogP contribution in [0.4, 0.5) is 5.69 Å². The molecule has 0 saturated heterocycles. The lowest BCUT2D eigenvalue weighted by atomic mass is 9.84. The molecule has 0 bridgehead atoms. The number of benzene rings is 1. The molecule has 1 aromatic carbocycles. The predicted octanol–water partition coefficient (Wildman–Crippen LogP) is 3.35. The van der Waals surface area contributed by atoms with Crippen molar-refractivity contribution >= 4 is 5.69 Å². The summed E-state index contributed by atoms with van der Waals surface area (Å²) in [7, 11) is 0. The first-order valence-electron chi connectivity index (χ1n) is 6.74. The zero-order chi connectivity index (χ0) is 12.1. The second-order valence-electron chi connectivity index (χ2n) is 5.15. The van der Waals surface area contributed by atoms with Gasteiger partial charge in [-0.15, -0.1) is 0 Å². The Labute approximate surface area is 104 Å². The Morgan fingerprint density at radius 1 is 1.24 bits per heavy atom. The maximum atomic E-state index is 9.57. The fourth-order valence-electron chi connectivity index (χ4n) is 2.78. The van der Waals surface area contributed by atoms with Crippen molar-refractivity contribution in [3.63, 3.8) is 0 Å². The van der Waals surface area contributed by atoms with Crippen LogP contribution >= 0.6 is 0 Å². The SMILES string of the molecule is Cc1ccccc1NC(CO)C1CCCCC1. The van der Waals surface area contributed by atoms with Crippen molar-refractivity contribution in [1.29, 1.82) is 0 Å². The molecule has 1 saturated carbocycles. The predicted molar refractivity (Wildman–Crippen MR) is 72.3 cm³/mol. The van der Waals surface area contributed by atoms with Crippen molar-refractivity contribution in [3.05, 3.63) is 29.8 Å².